The van der Waals surface area contributed by atoms with E-state index in [9.17, 15) is 35.1 Å². The van der Waals surface area contributed by atoms with Crippen LogP contribution in [0, 0.1) is 0 Å². The van der Waals surface area contributed by atoms with E-state index in [-0.39, 0.29) is 40.8 Å². The summed E-state index contributed by atoms with van der Waals surface area (Å²) >= 11 is 0. The molecular weight excluding hydrogens is 432 g/mol. The molecule has 3 rings (SSSR count). The lowest BCUT2D eigenvalue weighted by Crippen LogP contribution is -2.15. The molecule has 0 aliphatic heterocycles. The highest BCUT2D eigenvalue weighted by molar-refractivity contribution is 6.22. The Morgan fingerprint density at radius 1 is 0.848 bits per heavy atom. The summed E-state index contributed by atoms with van der Waals surface area (Å²) in [5.74, 6) is -2.94. The Bertz CT molecular complexity index is 1320. The molecule has 0 unspecified atom stereocenters. The minimum absolute atomic E-state index is 0.00337. The van der Waals surface area contributed by atoms with Gasteiger partial charge in [-0.1, -0.05) is 18.2 Å². The number of aromatic hydroxyl groups is 5. The summed E-state index contributed by atoms with van der Waals surface area (Å²) in [5, 5.41) is 48.6. The Hall–Kier alpha value is -4.66. The van der Waals surface area contributed by atoms with Crippen LogP contribution in [0.4, 0.5) is 0 Å². The van der Waals surface area contributed by atoms with Gasteiger partial charge in [-0.05, 0) is 54.5 Å². The summed E-state index contributed by atoms with van der Waals surface area (Å²) in [6.07, 6.45) is 4.03. The van der Waals surface area contributed by atoms with Gasteiger partial charge in [-0.25, -0.2) is 9.59 Å². The quantitative estimate of drug-likeness (QED) is 0.215. The minimum atomic E-state index is -1.02. The maximum Gasteiger partial charge on any atom is 0.348 e. The van der Waals surface area contributed by atoms with Crippen LogP contribution in [0.5, 0.6) is 28.7 Å². The number of hydrogen-bond acceptors (Lipinski definition) is 9. The smallest absolute Gasteiger partial charge is 0.348 e. The first-order valence-corrected chi connectivity index (χ1v) is 9.68. The van der Waals surface area contributed by atoms with E-state index in [0.717, 1.165) is 12.1 Å². The lowest BCUT2D eigenvalue weighted by molar-refractivity contribution is -0.136. The van der Waals surface area contributed by atoms with Crippen LogP contribution < -0.4 is 5.63 Å². The molecule has 0 saturated carbocycles. The molecule has 33 heavy (non-hydrogen) atoms. The highest BCUT2D eigenvalue weighted by Gasteiger charge is 2.23. The van der Waals surface area contributed by atoms with Gasteiger partial charge in [0.2, 0.25) is 0 Å². The predicted molar refractivity (Wildman–Crippen MR) is 120 cm³/mol. The number of phenolic OH excluding ortho intramolecular Hbond substituents is 4. The third-order valence-electron chi connectivity index (χ3n) is 4.46. The topological polar surface area (TPSA) is 158 Å². The van der Waals surface area contributed by atoms with Gasteiger partial charge in [0, 0.05) is 6.07 Å². The molecule has 0 radical (unpaired) electrons. The minimum Gasteiger partial charge on any atom is -0.507 e. The average molecular weight is 452 g/mol. The molecule has 0 spiro atoms. The Kier molecular flexibility index (Phi) is 6.73. The van der Waals surface area contributed by atoms with Gasteiger partial charge < -0.3 is 34.7 Å². The molecule has 0 aliphatic rings. The molecule has 2 aromatic carbocycles. The monoisotopic (exact) mass is 452 g/mol. The fraction of sp³-hybridized carbons (Fsp3) is 0.0833. The van der Waals surface area contributed by atoms with Gasteiger partial charge in [0.1, 0.15) is 17.1 Å². The lowest BCUT2D eigenvalue weighted by Gasteiger charge is -2.09. The maximum atomic E-state index is 12.7. The first kappa shape index (κ1) is 23.0. The van der Waals surface area contributed by atoms with Crippen molar-refractivity contribution in [2.75, 3.05) is 6.61 Å². The Morgan fingerprint density at radius 3 is 2.03 bits per heavy atom. The molecule has 170 valence electrons. The van der Waals surface area contributed by atoms with E-state index in [1.807, 2.05) is 0 Å². The van der Waals surface area contributed by atoms with Gasteiger partial charge in [0.15, 0.2) is 23.0 Å². The van der Waals surface area contributed by atoms with Crippen molar-refractivity contribution in [3.8, 4) is 28.7 Å². The Balaban J connectivity index is 2.04. The van der Waals surface area contributed by atoms with E-state index in [2.05, 4.69) is 0 Å². The van der Waals surface area contributed by atoms with Crippen molar-refractivity contribution < 1.29 is 39.5 Å². The highest BCUT2D eigenvalue weighted by Crippen LogP contribution is 2.30. The van der Waals surface area contributed by atoms with E-state index < -0.39 is 28.7 Å². The van der Waals surface area contributed by atoms with E-state index in [1.54, 1.807) is 6.92 Å². The van der Waals surface area contributed by atoms with Gasteiger partial charge in [-0.3, -0.25) is 0 Å². The third-order valence-corrected chi connectivity index (χ3v) is 4.46. The average Bonchev–Trinajstić information content (AvgIpc) is 2.76. The molecule has 3 aromatic rings. The van der Waals surface area contributed by atoms with E-state index in [4.69, 9.17) is 9.15 Å². The first-order chi connectivity index (χ1) is 15.7. The van der Waals surface area contributed by atoms with Crippen molar-refractivity contribution in [1.29, 1.82) is 0 Å². The normalized spacial score (nSPS) is 11.6. The first-order valence-electron chi connectivity index (χ1n) is 9.68. The zero-order valence-electron chi connectivity index (χ0n) is 17.3. The van der Waals surface area contributed by atoms with Gasteiger partial charge in [-0.2, -0.15) is 0 Å². The van der Waals surface area contributed by atoms with Crippen LogP contribution in [-0.4, -0.2) is 38.1 Å². The van der Waals surface area contributed by atoms with Crippen LogP contribution in [0.25, 0.3) is 23.8 Å². The number of carbonyl (C=O) groups excluding carboxylic acids is 1. The fourth-order valence-corrected chi connectivity index (χ4v) is 2.89. The van der Waals surface area contributed by atoms with Gasteiger partial charge >= 0.3 is 11.6 Å². The Labute approximate surface area is 187 Å². The van der Waals surface area contributed by atoms with Crippen molar-refractivity contribution in [2.24, 2.45) is 0 Å². The van der Waals surface area contributed by atoms with Crippen LogP contribution in [0.15, 0.2) is 51.7 Å². The molecule has 5 N–H and O–H groups in total. The highest BCUT2D eigenvalue weighted by atomic mass is 16.5. The van der Waals surface area contributed by atoms with E-state index >= 15 is 0 Å². The third kappa shape index (κ3) is 5.34. The standard InChI is InChI=1S/C24H20O9/c1-2-32-23(30)16(9-14-5-8-18(26)20(28)11-14)22-21(29)12-15(33-24(22)31)6-3-13-4-7-17(25)19(27)10-13/h3-12,25-29H,2H2,1H3/b6-3+,16-9-. The van der Waals surface area contributed by atoms with Crippen molar-refractivity contribution in [2.45, 2.75) is 6.92 Å². The summed E-state index contributed by atoms with van der Waals surface area (Å²) < 4.78 is 10.2. The van der Waals surface area contributed by atoms with Crippen LogP contribution in [0.3, 0.4) is 0 Å². The maximum absolute atomic E-state index is 12.7. The summed E-state index contributed by atoms with van der Waals surface area (Å²) in [4.78, 5) is 25.2. The lowest BCUT2D eigenvalue weighted by atomic mass is 10.0. The van der Waals surface area contributed by atoms with E-state index in [1.165, 1.54) is 48.6 Å². The number of hydrogen-bond donors (Lipinski definition) is 5. The predicted octanol–water partition coefficient (Wildman–Crippen LogP) is 3.44. The van der Waals surface area contributed by atoms with Gasteiger partial charge in [0.05, 0.1) is 12.2 Å². The second-order valence-corrected chi connectivity index (χ2v) is 6.80. The molecular formula is C24H20O9. The molecule has 0 aliphatic carbocycles. The molecule has 9 heteroatoms. The zero-order valence-corrected chi connectivity index (χ0v) is 17.3. The number of ether oxygens (including phenoxy) is 1. The van der Waals surface area contributed by atoms with Crippen LogP contribution in [0.1, 0.15) is 29.4 Å². The summed E-state index contributed by atoms with van der Waals surface area (Å²) in [6, 6.07) is 8.94. The van der Waals surface area contributed by atoms with Crippen molar-refractivity contribution in [3.63, 3.8) is 0 Å². The summed E-state index contributed by atoms with van der Waals surface area (Å²) in [7, 11) is 0. The summed E-state index contributed by atoms with van der Waals surface area (Å²) in [5.41, 5.74) is -1.04. The van der Waals surface area contributed by atoms with Crippen molar-refractivity contribution in [1.82, 2.24) is 0 Å². The number of rotatable bonds is 6. The van der Waals surface area contributed by atoms with Gasteiger partial charge in [-0.15, -0.1) is 0 Å². The fourth-order valence-electron chi connectivity index (χ4n) is 2.89. The molecule has 0 fully saturated rings. The zero-order chi connectivity index (χ0) is 24.1. The van der Waals surface area contributed by atoms with Crippen molar-refractivity contribution >= 4 is 29.8 Å². The van der Waals surface area contributed by atoms with Crippen LogP contribution >= 0.6 is 0 Å². The molecule has 0 bridgehead atoms. The SMILES string of the molecule is CCOC(=O)/C(=C\c1ccc(O)c(O)c1)c1c(O)cc(/C=C/c2ccc(O)c(O)c2)oc1=O. The van der Waals surface area contributed by atoms with Crippen LogP contribution in [-0.2, 0) is 9.53 Å². The van der Waals surface area contributed by atoms with E-state index in [0.29, 0.717) is 5.56 Å². The number of phenols is 4. The second kappa shape index (κ2) is 9.65. The summed E-state index contributed by atoms with van der Waals surface area (Å²) in [6.45, 7) is 1.57. The second-order valence-electron chi connectivity index (χ2n) is 6.80. The molecule has 0 saturated heterocycles. The number of benzene rings is 2. The molecule has 1 aromatic heterocycles. The van der Waals surface area contributed by atoms with Crippen LogP contribution in [0.2, 0.25) is 0 Å². The number of esters is 1. The largest absolute Gasteiger partial charge is 0.507 e. The Morgan fingerprint density at radius 2 is 1.45 bits per heavy atom. The van der Waals surface area contributed by atoms with Crippen molar-refractivity contribution in [3.05, 3.63) is 75.3 Å². The molecule has 1 heterocycles. The number of carbonyl (C=O) groups is 1. The van der Waals surface area contributed by atoms with Gasteiger partial charge in [0.25, 0.3) is 0 Å². The molecule has 0 amide bonds. The molecule has 9 nitrogen and oxygen atoms in total. The molecule has 0 atom stereocenters.